The van der Waals surface area contributed by atoms with Gasteiger partial charge in [-0.25, -0.2) is 0 Å². The molecule has 0 saturated carbocycles. The summed E-state index contributed by atoms with van der Waals surface area (Å²) in [6.45, 7) is 1.67. The zero-order valence-corrected chi connectivity index (χ0v) is 10.6. The first-order valence-corrected chi connectivity index (χ1v) is 6.32. The highest BCUT2D eigenvalue weighted by molar-refractivity contribution is 8.15. The lowest BCUT2D eigenvalue weighted by Crippen LogP contribution is -2.23. The maximum Gasteiger partial charge on any atom is 0.416 e. The van der Waals surface area contributed by atoms with E-state index in [-0.39, 0.29) is 6.04 Å². The molecule has 2 atom stereocenters. The van der Waals surface area contributed by atoms with E-state index in [0.29, 0.717) is 10.6 Å². The number of hydrogen-bond donors (Lipinski definition) is 1. The first-order valence-electron chi connectivity index (χ1n) is 5.44. The molecule has 102 valence electrons. The predicted molar refractivity (Wildman–Crippen MR) is 66.5 cm³/mol. The van der Waals surface area contributed by atoms with Gasteiger partial charge in [0, 0.05) is 5.56 Å². The average molecular weight is 289 g/mol. The molecule has 0 radical (unpaired) electrons. The van der Waals surface area contributed by atoms with Crippen molar-refractivity contribution in [3.05, 3.63) is 35.4 Å². The summed E-state index contributed by atoms with van der Waals surface area (Å²) < 4.78 is 37.2. The zero-order valence-electron chi connectivity index (χ0n) is 9.81. The number of aliphatic imine (C=N–C) groups is 1. The molecule has 1 N–H and O–H groups in total. The van der Waals surface area contributed by atoms with Crippen molar-refractivity contribution in [2.45, 2.75) is 24.4 Å². The predicted octanol–water partition coefficient (Wildman–Crippen LogP) is 3.04. The zero-order chi connectivity index (χ0) is 14.2. The molecule has 1 aliphatic rings. The molecule has 0 saturated heterocycles. The molecular weight excluding hydrogens is 279 g/mol. The lowest BCUT2D eigenvalue weighted by Gasteiger charge is -2.08. The van der Waals surface area contributed by atoms with E-state index in [1.807, 2.05) is 0 Å². The van der Waals surface area contributed by atoms with Crippen LogP contribution in [0.1, 0.15) is 18.1 Å². The van der Waals surface area contributed by atoms with Gasteiger partial charge < -0.3 is 5.11 Å². The minimum atomic E-state index is -4.37. The van der Waals surface area contributed by atoms with Gasteiger partial charge >= 0.3 is 12.1 Å². The van der Waals surface area contributed by atoms with E-state index < -0.39 is 23.0 Å². The van der Waals surface area contributed by atoms with E-state index in [4.69, 9.17) is 5.11 Å². The van der Waals surface area contributed by atoms with E-state index in [0.717, 1.165) is 23.9 Å². The van der Waals surface area contributed by atoms with Crippen LogP contribution in [-0.2, 0) is 11.0 Å². The molecule has 2 unspecified atom stereocenters. The lowest BCUT2D eigenvalue weighted by atomic mass is 10.1. The maximum atomic E-state index is 12.4. The number of benzene rings is 1. The number of carboxylic acid groups (broad SMARTS) is 1. The highest BCUT2D eigenvalue weighted by Crippen LogP contribution is 2.33. The van der Waals surface area contributed by atoms with Crippen molar-refractivity contribution in [1.29, 1.82) is 0 Å². The first kappa shape index (κ1) is 13.9. The van der Waals surface area contributed by atoms with Crippen LogP contribution in [0.15, 0.2) is 29.3 Å². The minimum Gasteiger partial charge on any atom is -0.480 e. The van der Waals surface area contributed by atoms with E-state index in [1.165, 1.54) is 12.1 Å². The number of nitrogens with zero attached hydrogens (tertiary/aromatic N) is 1. The van der Waals surface area contributed by atoms with Crippen molar-refractivity contribution >= 4 is 22.8 Å². The van der Waals surface area contributed by atoms with Crippen LogP contribution in [0, 0.1) is 0 Å². The van der Waals surface area contributed by atoms with Gasteiger partial charge in [0.15, 0.2) is 0 Å². The first-order chi connectivity index (χ1) is 8.79. The van der Waals surface area contributed by atoms with Gasteiger partial charge in [-0.15, -0.1) is 0 Å². The highest BCUT2D eigenvalue weighted by atomic mass is 32.2. The molecule has 7 heteroatoms. The Bertz CT molecular complexity index is 525. The van der Waals surface area contributed by atoms with Gasteiger partial charge in [0.2, 0.25) is 0 Å². The largest absolute Gasteiger partial charge is 0.480 e. The number of hydrogen-bond acceptors (Lipinski definition) is 3. The summed E-state index contributed by atoms with van der Waals surface area (Å²) in [7, 11) is 0. The van der Waals surface area contributed by atoms with Crippen LogP contribution in [0.3, 0.4) is 0 Å². The van der Waals surface area contributed by atoms with Crippen molar-refractivity contribution in [2.24, 2.45) is 4.99 Å². The molecule has 19 heavy (non-hydrogen) atoms. The van der Waals surface area contributed by atoms with Crippen molar-refractivity contribution in [3.63, 3.8) is 0 Å². The normalized spacial score (nSPS) is 23.3. The van der Waals surface area contributed by atoms with Gasteiger partial charge in [-0.1, -0.05) is 23.9 Å². The molecule has 0 bridgehead atoms. The number of thioether (sulfide) groups is 1. The Morgan fingerprint density at radius 1 is 1.32 bits per heavy atom. The van der Waals surface area contributed by atoms with Crippen LogP contribution in [-0.4, -0.2) is 27.4 Å². The van der Waals surface area contributed by atoms with Gasteiger partial charge in [0.05, 0.1) is 16.6 Å². The molecule has 3 nitrogen and oxygen atoms in total. The van der Waals surface area contributed by atoms with Gasteiger partial charge in [0.1, 0.15) is 5.25 Å². The standard InChI is InChI=1S/C12H10F3NO2S/c1-6-9(11(17)18)19-10(16-6)7-2-4-8(5-3-7)12(13,14)15/h2-6,9H,1H3,(H,17,18). The van der Waals surface area contributed by atoms with Crippen LogP contribution in [0.2, 0.25) is 0 Å². The van der Waals surface area contributed by atoms with Crippen LogP contribution in [0.25, 0.3) is 0 Å². The van der Waals surface area contributed by atoms with Crippen molar-refractivity contribution in [1.82, 2.24) is 0 Å². The molecule has 0 aromatic heterocycles. The summed E-state index contributed by atoms with van der Waals surface area (Å²) in [6, 6.07) is 4.17. The summed E-state index contributed by atoms with van der Waals surface area (Å²) in [5.41, 5.74) is -0.226. The molecule has 0 aliphatic carbocycles. The Balaban J connectivity index is 2.21. The summed E-state index contributed by atoms with van der Waals surface area (Å²) in [4.78, 5) is 15.1. The fourth-order valence-corrected chi connectivity index (χ4v) is 2.80. The van der Waals surface area contributed by atoms with Gasteiger partial charge in [-0.05, 0) is 19.1 Å². The fraction of sp³-hybridized carbons (Fsp3) is 0.333. The third-order valence-corrected chi connectivity index (χ3v) is 4.11. The second-order valence-electron chi connectivity index (χ2n) is 4.13. The topological polar surface area (TPSA) is 49.7 Å². The van der Waals surface area contributed by atoms with Crippen LogP contribution in [0.4, 0.5) is 13.2 Å². The molecule has 0 amide bonds. The van der Waals surface area contributed by atoms with Crippen molar-refractivity contribution in [2.75, 3.05) is 0 Å². The lowest BCUT2D eigenvalue weighted by molar-refractivity contribution is -0.138. The van der Waals surface area contributed by atoms with E-state index in [2.05, 4.69) is 4.99 Å². The molecule has 1 heterocycles. The third kappa shape index (κ3) is 2.91. The van der Waals surface area contributed by atoms with E-state index in [9.17, 15) is 18.0 Å². The molecular formula is C12H10F3NO2S. The highest BCUT2D eigenvalue weighted by Gasteiger charge is 2.34. The van der Waals surface area contributed by atoms with Gasteiger partial charge in [-0.3, -0.25) is 9.79 Å². The number of alkyl halides is 3. The molecule has 0 spiro atoms. The Labute approximate surface area is 111 Å². The second kappa shape index (κ2) is 4.88. The Morgan fingerprint density at radius 2 is 1.89 bits per heavy atom. The molecule has 1 aliphatic heterocycles. The third-order valence-electron chi connectivity index (χ3n) is 2.70. The van der Waals surface area contributed by atoms with Gasteiger partial charge in [0.25, 0.3) is 0 Å². The molecule has 0 fully saturated rings. The number of halogens is 3. The minimum absolute atomic E-state index is 0.389. The quantitative estimate of drug-likeness (QED) is 0.910. The number of rotatable bonds is 2. The fourth-order valence-electron chi connectivity index (χ4n) is 1.70. The summed E-state index contributed by atoms with van der Waals surface area (Å²) in [5.74, 6) is -0.969. The van der Waals surface area contributed by atoms with Crippen LogP contribution < -0.4 is 0 Å². The number of carbonyl (C=O) groups is 1. The Kier molecular flexibility index (Phi) is 3.58. The van der Waals surface area contributed by atoms with Gasteiger partial charge in [-0.2, -0.15) is 13.2 Å². The SMILES string of the molecule is CC1N=C(c2ccc(C(F)(F)F)cc2)SC1C(=O)O. The second-order valence-corrected chi connectivity index (χ2v) is 5.26. The Morgan fingerprint density at radius 3 is 2.32 bits per heavy atom. The Hall–Kier alpha value is -1.50. The molecule has 2 rings (SSSR count). The molecule has 1 aromatic carbocycles. The summed E-state index contributed by atoms with van der Waals surface area (Å²) >= 11 is 1.06. The van der Waals surface area contributed by atoms with Crippen LogP contribution in [0.5, 0.6) is 0 Å². The number of aliphatic carboxylic acids is 1. The van der Waals surface area contributed by atoms with Crippen LogP contribution >= 0.6 is 11.8 Å². The van der Waals surface area contributed by atoms with Crippen molar-refractivity contribution in [3.8, 4) is 0 Å². The smallest absolute Gasteiger partial charge is 0.416 e. The number of carboxylic acids is 1. The summed E-state index contributed by atoms with van der Waals surface area (Å²) in [5, 5.41) is 8.74. The van der Waals surface area contributed by atoms with E-state index in [1.54, 1.807) is 6.92 Å². The monoisotopic (exact) mass is 289 g/mol. The summed E-state index contributed by atoms with van der Waals surface area (Å²) in [6.07, 6.45) is -4.37. The average Bonchev–Trinajstić information content (AvgIpc) is 2.70. The van der Waals surface area contributed by atoms with E-state index >= 15 is 0 Å². The molecule has 1 aromatic rings. The maximum absolute atomic E-state index is 12.4. The van der Waals surface area contributed by atoms with Crippen molar-refractivity contribution < 1.29 is 23.1 Å².